The summed E-state index contributed by atoms with van der Waals surface area (Å²) in [4.78, 5) is 18.1. The molecular weight excluding hydrogens is 252 g/mol. The number of likely N-dealkylation sites (tertiary alicyclic amines) is 1. The SMILES string of the molecule is O=C(c1ccncc1Cl)N1CCCCCC1CO. The molecule has 1 aromatic heterocycles. The van der Waals surface area contributed by atoms with E-state index in [1.165, 1.54) is 6.20 Å². The summed E-state index contributed by atoms with van der Waals surface area (Å²) in [7, 11) is 0. The highest BCUT2D eigenvalue weighted by atomic mass is 35.5. The molecule has 1 N–H and O–H groups in total. The molecule has 0 aliphatic carbocycles. The summed E-state index contributed by atoms with van der Waals surface area (Å²) in [6, 6.07) is 1.54. The normalized spacial score (nSPS) is 20.6. The first-order valence-corrected chi connectivity index (χ1v) is 6.63. The minimum absolute atomic E-state index is 0.00838. The van der Waals surface area contributed by atoms with Gasteiger partial charge in [0.05, 0.1) is 23.2 Å². The molecule has 0 spiro atoms. The number of halogens is 1. The average molecular weight is 269 g/mol. The zero-order chi connectivity index (χ0) is 13.0. The first-order chi connectivity index (χ1) is 8.74. The molecule has 1 unspecified atom stereocenters. The Kier molecular flexibility index (Phi) is 4.55. The monoisotopic (exact) mass is 268 g/mol. The third kappa shape index (κ3) is 2.82. The molecule has 1 aliphatic heterocycles. The number of rotatable bonds is 2. The highest BCUT2D eigenvalue weighted by Gasteiger charge is 2.26. The van der Waals surface area contributed by atoms with E-state index >= 15 is 0 Å². The van der Waals surface area contributed by atoms with Gasteiger partial charge in [-0.25, -0.2) is 0 Å². The lowest BCUT2D eigenvalue weighted by atomic mass is 10.1. The Morgan fingerprint density at radius 1 is 1.50 bits per heavy atom. The number of aliphatic hydroxyl groups excluding tert-OH is 1. The molecule has 1 atom stereocenters. The van der Waals surface area contributed by atoms with Gasteiger partial charge in [0, 0.05) is 18.9 Å². The second-order valence-electron chi connectivity index (χ2n) is 4.54. The van der Waals surface area contributed by atoms with Crippen LogP contribution in [0.1, 0.15) is 36.0 Å². The number of hydrogen-bond acceptors (Lipinski definition) is 3. The third-order valence-corrected chi connectivity index (χ3v) is 3.65. The molecule has 1 fully saturated rings. The fourth-order valence-corrected chi connectivity index (χ4v) is 2.54. The topological polar surface area (TPSA) is 53.4 Å². The molecule has 0 bridgehead atoms. The van der Waals surface area contributed by atoms with Crippen molar-refractivity contribution in [3.63, 3.8) is 0 Å². The van der Waals surface area contributed by atoms with Crippen molar-refractivity contribution >= 4 is 17.5 Å². The van der Waals surface area contributed by atoms with Gasteiger partial charge in [0.1, 0.15) is 0 Å². The van der Waals surface area contributed by atoms with E-state index in [-0.39, 0.29) is 18.6 Å². The average Bonchev–Trinajstić information content (AvgIpc) is 2.63. The Hall–Kier alpha value is -1.13. The maximum absolute atomic E-state index is 12.4. The lowest BCUT2D eigenvalue weighted by molar-refractivity contribution is 0.0600. The number of amides is 1. The van der Waals surface area contributed by atoms with E-state index in [1.807, 2.05) is 0 Å². The molecule has 0 radical (unpaired) electrons. The number of aliphatic hydroxyl groups is 1. The summed E-state index contributed by atoms with van der Waals surface area (Å²) in [6.45, 7) is 0.692. The Morgan fingerprint density at radius 3 is 3.06 bits per heavy atom. The van der Waals surface area contributed by atoms with Crippen LogP contribution >= 0.6 is 11.6 Å². The minimum atomic E-state index is -0.108. The largest absolute Gasteiger partial charge is 0.394 e. The molecule has 1 aromatic rings. The Balaban J connectivity index is 2.23. The molecule has 2 heterocycles. The van der Waals surface area contributed by atoms with E-state index in [1.54, 1.807) is 17.2 Å². The van der Waals surface area contributed by atoms with Crippen molar-refractivity contribution in [2.75, 3.05) is 13.2 Å². The molecule has 5 heteroatoms. The standard InChI is InChI=1S/C13H17ClN2O2/c14-12-8-15-6-5-11(12)13(18)16-7-3-1-2-4-10(16)9-17/h5-6,8,10,17H,1-4,7,9H2. The zero-order valence-corrected chi connectivity index (χ0v) is 10.9. The van der Waals surface area contributed by atoms with Gasteiger partial charge in [-0.3, -0.25) is 9.78 Å². The molecule has 0 aromatic carbocycles. The van der Waals surface area contributed by atoms with Crippen molar-refractivity contribution in [2.24, 2.45) is 0 Å². The van der Waals surface area contributed by atoms with Gasteiger partial charge in [0.15, 0.2) is 0 Å². The van der Waals surface area contributed by atoms with E-state index < -0.39 is 0 Å². The number of aromatic nitrogens is 1. The minimum Gasteiger partial charge on any atom is -0.394 e. The number of carbonyl (C=O) groups excluding carboxylic acids is 1. The Bertz CT molecular complexity index is 425. The summed E-state index contributed by atoms with van der Waals surface area (Å²) < 4.78 is 0. The van der Waals surface area contributed by atoms with Crippen LogP contribution in [0.3, 0.4) is 0 Å². The van der Waals surface area contributed by atoms with Gasteiger partial charge < -0.3 is 10.0 Å². The van der Waals surface area contributed by atoms with Crippen LogP contribution < -0.4 is 0 Å². The van der Waals surface area contributed by atoms with Gasteiger partial charge in [0.25, 0.3) is 5.91 Å². The van der Waals surface area contributed by atoms with Gasteiger partial charge in [-0.05, 0) is 18.9 Å². The number of carbonyl (C=O) groups is 1. The molecule has 1 aliphatic rings. The van der Waals surface area contributed by atoms with Crippen LogP contribution in [0.25, 0.3) is 0 Å². The lowest BCUT2D eigenvalue weighted by Gasteiger charge is -2.28. The van der Waals surface area contributed by atoms with Crippen molar-refractivity contribution in [1.82, 2.24) is 9.88 Å². The molecular formula is C13H17ClN2O2. The summed E-state index contributed by atoms with van der Waals surface area (Å²) in [6.07, 6.45) is 7.02. The van der Waals surface area contributed by atoms with E-state index in [2.05, 4.69) is 4.98 Å². The zero-order valence-electron chi connectivity index (χ0n) is 10.2. The molecule has 1 amide bonds. The summed E-state index contributed by atoms with van der Waals surface area (Å²) in [5.74, 6) is -0.108. The van der Waals surface area contributed by atoms with Crippen LogP contribution in [0.15, 0.2) is 18.5 Å². The number of nitrogens with zero attached hydrogens (tertiary/aromatic N) is 2. The van der Waals surface area contributed by atoms with Gasteiger partial charge in [-0.15, -0.1) is 0 Å². The summed E-state index contributed by atoms with van der Waals surface area (Å²) in [5.41, 5.74) is 0.465. The highest BCUT2D eigenvalue weighted by molar-refractivity contribution is 6.33. The van der Waals surface area contributed by atoms with Crippen molar-refractivity contribution in [1.29, 1.82) is 0 Å². The van der Waals surface area contributed by atoms with Crippen molar-refractivity contribution in [3.8, 4) is 0 Å². The maximum atomic E-state index is 12.4. The Labute approximate surface area is 112 Å². The van der Waals surface area contributed by atoms with Crippen molar-refractivity contribution in [2.45, 2.75) is 31.7 Å². The molecule has 98 valence electrons. The highest BCUT2D eigenvalue weighted by Crippen LogP contribution is 2.22. The van der Waals surface area contributed by atoms with Crippen molar-refractivity contribution in [3.05, 3.63) is 29.0 Å². The van der Waals surface area contributed by atoms with E-state index in [0.29, 0.717) is 17.1 Å². The van der Waals surface area contributed by atoms with Crippen LogP contribution in [0.4, 0.5) is 0 Å². The molecule has 2 rings (SSSR count). The summed E-state index contributed by atoms with van der Waals surface area (Å²) >= 11 is 6.00. The predicted molar refractivity (Wildman–Crippen MR) is 69.6 cm³/mol. The third-order valence-electron chi connectivity index (χ3n) is 3.35. The van der Waals surface area contributed by atoms with Crippen molar-refractivity contribution < 1.29 is 9.90 Å². The van der Waals surface area contributed by atoms with E-state index in [9.17, 15) is 9.90 Å². The maximum Gasteiger partial charge on any atom is 0.255 e. The van der Waals surface area contributed by atoms with Gasteiger partial charge in [-0.1, -0.05) is 24.4 Å². The fourth-order valence-electron chi connectivity index (χ4n) is 2.34. The Morgan fingerprint density at radius 2 is 2.33 bits per heavy atom. The molecule has 0 saturated carbocycles. The van der Waals surface area contributed by atoms with Gasteiger partial charge in [-0.2, -0.15) is 0 Å². The number of pyridine rings is 1. The lowest BCUT2D eigenvalue weighted by Crippen LogP contribution is -2.42. The predicted octanol–water partition coefficient (Wildman–Crippen LogP) is 2.11. The second kappa shape index (κ2) is 6.16. The fraction of sp³-hybridized carbons (Fsp3) is 0.538. The quantitative estimate of drug-likeness (QED) is 0.894. The van der Waals surface area contributed by atoms with Crippen LogP contribution in [0.5, 0.6) is 0 Å². The molecule has 1 saturated heterocycles. The number of hydrogen-bond donors (Lipinski definition) is 1. The van der Waals surface area contributed by atoms with E-state index in [0.717, 1.165) is 25.7 Å². The van der Waals surface area contributed by atoms with Crippen LogP contribution in [0, 0.1) is 0 Å². The second-order valence-corrected chi connectivity index (χ2v) is 4.95. The van der Waals surface area contributed by atoms with Gasteiger partial charge in [0.2, 0.25) is 0 Å². The first-order valence-electron chi connectivity index (χ1n) is 6.25. The summed E-state index contributed by atoms with van der Waals surface area (Å²) in [5, 5.41) is 9.78. The molecule has 4 nitrogen and oxygen atoms in total. The first kappa shape index (κ1) is 13.3. The van der Waals surface area contributed by atoms with E-state index in [4.69, 9.17) is 11.6 Å². The van der Waals surface area contributed by atoms with Crippen LogP contribution in [-0.2, 0) is 0 Å². The van der Waals surface area contributed by atoms with Crippen LogP contribution in [-0.4, -0.2) is 40.1 Å². The smallest absolute Gasteiger partial charge is 0.255 e. The van der Waals surface area contributed by atoms with Gasteiger partial charge >= 0.3 is 0 Å². The molecule has 18 heavy (non-hydrogen) atoms. The van der Waals surface area contributed by atoms with Crippen LogP contribution in [0.2, 0.25) is 5.02 Å².